The summed E-state index contributed by atoms with van der Waals surface area (Å²) >= 11 is 6.74. The molecule has 1 saturated carbocycles. The third-order valence-corrected chi connectivity index (χ3v) is 4.92. The molecule has 0 heterocycles. The van der Waals surface area contributed by atoms with Crippen molar-refractivity contribution in [2.75, 3.05) is 0 Å². The first-order valence-corrected chi connectivity index (χ1v) is 9.78. The second-order valence-electron chi connectivity index (χ2n) is 6.03. The lowest BCUT2D eigenvalue weighted by Crippen LogP contribution is -2.25. The van der Waals surface area contributed by atoms with Gasteiger partial charge in [-0.05, 0) is 41.8 Å². The molecule has 0 radical (unpaired) electrons. The minimum atomic E-state index is -0.370. The van der Waals surface area contributed by atoms with E-state index in [0.717, 1.165) is 20.1 Å². The number of nitrogens with zero attached hydrogens (tertiary/aromatic N) is 2. The van der Waals surface area contributed by atoms with Crippen molar-refractivity contribution in [3.63, 3.8) is 0 Å². The van der Waals surface area contributed by atoms with Crippen LogP contribution >= 0.6 is 31.9 Å². The van der Waals surface area contributed by atoms with E-state index in [0.29, 0.717) is 6.42 Å². The topological polar surface area (TPSA) is 82.9 Å². The van der Waals surface area contributed by atoms with Crippen LogP contribution in [-0.4, -0.2) is 24.2 Å². The van der Waals surface area contributed by atoms with E-state index in [1.54, 1.807) is 12.4 Å². The molecule has 0 aliphatic heterocycles. The monoisotopic (exact) mass is 490 g/mol. The summed E-state index contributed by atoms with van der Waals surface area (Å²) in [5, 5.41) is 7.87. The van der Waals surface area contributed by atoms with E-state index < -0.39 is 0 Å². The molecular weight excluding hydrogens is 476 g/mol. The van der Waals surface area contributed by atoms with Gasteiger partial charge in [0.1, 0.15) is 0 Å². The Hall–Kier alpha value is -2.32. The van der Waals surface area contributed by atoms with Crippen molar-refractivity contribution in [3.8, 4) is 0 Å². The number of halogens is 2. The van der Waals surface area contributed by atoms with Gasteiger partial charge in [0.2, 0.25) is 11.8 Å². The van der Waals surface area contributed by atoms with E-state index in [4.69, 9.17) is 0 Å². The average Bonchev–Trinajstić information content (AvgIpc) is 3.43. The van der Waals surface area contributed by atoms with Gasteiger partial charge in [0.15, 0.2) is 0 Å². The molecule has 138 valence electrons. The molecule has 8 heteroatoms. The Morgan fingerprint density at radius 1 is 0.852 bits per heavy atom. The third kappa shape index (κ3) is 5.83. The quantitative estimate of drug-likeness (QED) is 0.479. The molecule has 3 rings (SSSR count). The zero-order valence-corrected chi connectivity index (χ0v) is 17.3. The highest BCUT2D eigenvalue weighted by Gasteiger charge is 2.48. The average molecular weight is 492 g/mol. The molecule has 27 heavy (non-hydrogen) atoms. The lowest BCUT2D eigenvalue weighted by molar-refractivity contribution is -0.127. The van der Waals surface area contributed by atoms with Crippen molar-refractivity contribution in [1.82, 2.24) is 10.9 Å². The number of hydrogen-bond acceptors (Lipinski definition) is 4. The number of amides is 2. The van der Waals surface area contributed by atoms with Crippen LogP contribution in [0.2, 0.25) is 0 Å². The first-order valence-electron chi connectivity index (χ1n) is 8.20. The highest BCUT2D eigenvalue weighted by Crippen LogP contribution is 2.38. The summed E-state index contributed by atoms with van der Waals surface area (Å²) < 4.78 is 1.86. The summed E-state index contributed by atoms with van der Waals surface area (Å²) in [7, 11) is 0. The van der Waals surface area contributed by atoms with Crippen molar-refractivity contribution >= 4 is 56.1 Å². The van der Waals surface area contributed by atoms with Gasteiger partial charge in [-0.2, -0.15) is 10.2 Å². The number of nitrogens with one attached hydrogen (secondary N) is 2. The molecule has 2 atom stereocenters. The molecule has 0 unspecified atom stereocenters. The largest absolute Gasteiger partial charge is 0.273 e. The maximum Gasteiger partial charge on any atom is 0.244 e. The van der Waals surface area contributed by atoms with Gasteiger partial charge in [-0.3, -0.25) is 9.59 Å². The van der Waals surface area contributed by atoms with Crippen LogP contribution < -0.4 is 10.9 Å². The Kier molecular flexibility index (Phi) is 6.52. The minimum Gasteiger partial charge on any atom is -0.273 e. The van der Waals surface area contributed by atoms with E-state index in [1.807, 2.05) is 48.5 Å². The molecule has 0 spiro atoms. The van der Waals surface area contributed by atoms with Gasteiger partial charge in [-0.15, -0.1) is 0 Å². The first-order chi connectivity index (χ1) is 13.0. The van der Waals surface area contributed by atoms with E-state index in [1.165, 1.54) is 0 Å². The van der Waals surface area contributed by atoms with Crippen molar-refractivity contribution in [2.24, 2.45) is 22.0 Å². The molecule has 1 aliphatic rings. The first kappa shape index (κ1) is 19.4. The molecule has 6 nitrogen and oxygen atoms in total. The van der Waals surface area contributed by atoms with Crippen LogP contribution in [0.1, 0.15) is 17.5 Å². The van der Waals surface area contributed by atoms with Gasteiger partial charge in [-0.1, -0.05) is 56.1 Å². The molecule has 0 bridgehead atoms. The summed E-state index contributed by atoms with van der Waals surface area (Å²) in [4.78, 5) is 24.1. The fraction of sp³-hybridized carbons (Fsp3) is 0.158. The van der Waals surface area contributed by atoms with Crippen LogP contribution in [0.15, 0.2) is 67.7 Å². The van der Waals surface area contributed by atoms with Crippen LogP contribution in [0.25, 0.3) is 0 Å². The highest BCUT2D eigenvalue weighted by molar-refractivity contribution is 9.10. The van der Waals surface area contributed by atoms with Crippen LogP contribution in [0.4, 0.5) is 0 Å². The standard InChI is InChI=1S/C19H16Br2N4O2/c20-14-5-1-3-12(7-14)10-22-24-18(26)16-9-17(16)19(27)25-23-11-13-4-2-6-15(21)8-13/h1-8,10-11,16-17H,9H2,(H,24,26)(H,25,27)/b22-10-,23-11-/t16-,17-/m0/s1. The van der Waals surface area contributed by atoms with Crippen molar-refractivity contribution in [1.29, 1.82) is 0 Å². The maximum absolute atomic E-state index is 12.1. The van der Waals surface area contributed by atoms with Gasteiger partial charge >= 0.3 is 0 Å². The zero-order valence-electron chi connectivity index (χ0n) is 14.1. The normalized spacial score (nSPS) is 18.6. The molecule has 0 aromatic heterocycles. The number of rotatable bonds is 6. The van der Waals surface area contributed by atoms with Gasteiger partial charge in [-0.25, -0.2) is 10.9 Å². The molecule has 2 aromatic carbocycles. The van der Waals surface area contributed by atoms with E-state index in [-0.39, 0.29) is 23.7 Å². The molecule has 1 aliphatic carbocycles. The van der Waals surface area contributed by atoms with Crippen LogP contribution in [0.3, 0.4) is 0 Å². The second kappa shape index (κ2) is 9.05. The lowest BCUT2D eigenvalue weighted by Gasteiger charge is -2.00. The van der Waals surface area contributed by atoms with Crippen molar-refractivity contribution in [3.05, 3.63) is 68.6 Å². The predicted octanol–water partition coefficient (Wildman–Crippen LogP) is 3.45. The summed E-state index contributed by atoms with van der Waals surface area (Å²) in [6.07, 6.45) is 3.61. The number of carbonyl (C=O) groups excluding carboxylic acids is 2. The summed E-state index contributed by atoms with van der Waals surface area (Å²) in [6.45, 7) is 0. The Morgan fingerprint density at radius 2 is 1.30 bits per heavy atom. The predicted molar refractivity (Wildman–Crippen MR) is 111 cm³/mol. The number of hydrazone groups is 2. The SMILES string of the molecule is O=C(N/N=C\c1cccc(Br)c1)[C@H]1C[C@@H]1C(=O)N/N=C\c1cccc(Br)c1. The Morgan fingerprint density at radius 3 is 1.70 bits per heavy atom. The fourth-order valence-corrected chi connectivity index (χ4v) is 3.29. The van der Waals surface area contributed by atoms with E-state index in [9.17, 15) is 9.59 Å². The number of hydrogen-bond donors (Lipinski definition) is 2. The summed E-state index contributed by atoms with van der Waals surface area (Å²) in [5.41, 5.74) is 6.67. The Bertz CT molecular complexity index is 841. The zero-order chi connectivity index (χ0) is 19.2. The Labute approximate surface area is 173 Å². The molecule has 1 fully saturated rings. The molecule has 0 saturated heterocycles. The molecule has 2 N–H and O–H groups in total. The molecule has 2 aromatic rings. The molecule has 2 amide bonds. The van der Waals surface area contributed by atoms with E-state index in [2.05, 4.69) is 52.9 Å². The number of benzene rings is 2. The smallest absolute Gasteiger partial charge is 0.244 e. The fourth-order valence-electron chi connectivity index (χ4n) is 2.46. The van der Waals surface area contributed by atoms with Crippen LogP contribution in [0, 0.1) is 11.8 Å². The van der Waals surface area contributed by atoms with Gasteiger partial charge < -0.3 is 0 Å². The van der Waals surface area contributed by atoms with Crippen molar-refractivity contribution in [2.45, 2.75) is 6.42 Å². The van der Waals surface area contributed by atoms with Gasteiger partial charge in [0.05, 0.1) is 24.3 Å². The summed E-state index contributed by atoms with van der Waals surface area (Å²) in [5.74, 6) is -1.27. The minimum absolute atomic E-state index is 0.266. The Balaban J connectivity index is 1.44. The second-order valence-corrected chi connectivity index (χ2v) is 7.86. The van der Waals surface area contributed by atoms with Crippen LogP contribution in [0.5, 0.6) is 0 Å². The van der Waals surface area contributed by atoms with Gasteiger partial charge in [0.25, 0.3) is 0 Å². The third-order valence-electron chi connectivity index (χ3n) is 3.94. The highest BCUT2D eigenvalue weighted by atomic mass is 79.9. The van der Waals surface area contributed by atoms with E-state index >= 15 is 0 Å². The molecular formula is C19H16Br2N4O2. The maximum atomic E-state index is 12.1. The van der Waals surface area contributed by atoms with Crippen LogP contribution in [-0.2, 0) is 9.59 Å². The van der Waals surface area contributed by atoms with Crippen molar-refractivity contribution < 1.29 is 9.59 Å². The number of carbonyl (C=O) groups is 2. The van der Waals surface area contributed by atoms with Gasteiger partial charge in [0, 0.05) is 8.95 Å². The summed E-state index contributed by atoms with van der Waals surface area (Å²) in [6, 6.07) is 15.1. The lowest BCUT2D eigenvalue weighted by atomic mass is 10.2.